The Morgan fingerprint density at radius 2 is 1.05 bits per heavy atom. The molecule has 0 radical (unpaired) electrons. The molecule has 0 spiro atoms. The molecular formula is C58H62N12O10S2. The second-order valence-corrected chi connectivity index (χ2v) is 23.0. The van der Waals surface area contributed by atoms with Crippen LogP contribution in [-0.4, -0.2) is 148 Å². The number of aromatic nitrogens is 6. The molecule has 0 saturated carbocycles. The summed E-state index contributed by atoms with van der Waals surface area (Å²) in [5, 5.41) is 28.0. The predicted molar refractivity (Wildman–Crippen MR) is 315 cm³/mol. The Kier molecular flexibility index (Phi) is 16.6. The quantitative estimate of drug-likeness (QED) is 0.0501. The fourth-order valence-electron chi connectivity index (χ4n) is 9.09. The second-order valence-electron chi connectivity index (χ2n) is 21.0. The third-order valence-corrected chi connectivity index (χ3v) is 16.1. The molecule has 2 aliphatic rings. The highest BCUT2D eigenvalue weighted by Crippen LogP contribution is 2.35. The van der Waals surface area contributed by atoms with Crippen LogP contribution in [0.15, 0.2) is 119 Å². The molecule has 2 fully saturated rings. The van der Waals surface area contributed by atoms with Gasteiger partial charge in [-0.1, -0.05) is 71.1 Å². The zero-order valence-electron chi connectivity index (χ0n) is 45.7. The van der Waals surface area contributed by atoms with E-state index in [2.05, 4.69) is 74.4 Å². The van der Waals surface area contributed by atoms with Gasteiger partial charge in [-0.05, 0) is 74.5 Å². The summed E-state index contributed by atoms with van der Waals surface area (Å²) in [6.45, 7) is 17.0. The minimum Gasteiger partial charge on any atom is -0.492 e. The van der Waals surface area contributed by atoms with Gasteiger partial charge in [0.05, 0.1) is 70.3 Å². The highest BCUT2D eigenvalue weighted by molar-refractivity contribution is 7.24. The van der Waals surface area contributed by atoms with Gasteiger partial charge < -0.3 is 48.5 Å². The van der Waals surface area contributed by atoms with Crippen molar-refractivity contribution in [1.29, 1.82) is 0 Å². The number of carbonyl (C=O) groups is 3. The third kappa shape index (κ3) is 13.1. The SMILES string of the molecule is CC(C)(C=O)c1cc(NC(=O)Nc2ccc(-c3cn4c(n3)sc3cc(OCCN5CCOCC5)ccc34)cc2)no1.CC(C)(CO)c1cc(NC(=O)Nc2ccc(-c3cn4c(n3)sc3cc(OCCN5CCOCC5)ccc34)cc2)no1. The van der Waals surface area contributed by atoms with Crippen LogP contribution in [0.1, 0.15) is 39.2 Å². The molecule has 5 N–H and O–H groups in total. The lowest BCUT2D eigenvalue weighted by Crippen LogP contribution is -2.38. The lowest BCUT2D eigenvalue weighted by Gasteiger charge is -2.26. The summed E-state index contributed by atoms with van der Waals surface area (Å²) in [7, 11) is 0. The Labute approximate surface area is 478 Å². The van der Waals surface area contributed by atoms with Gasteiger partial charge in [0.2, 0.25) is 0 Å². The van der Waals surface area contributed by atoms with Crippen molar-refractivity contribution in [3.05, 3.63) is 121 Å². The van der Waals surface area contributed by atoms with Gasteiger partial charge in [0.15, 0.2) is 27.3 Å². The fraction of sp³-hybridized carbons (Fsp3) is 0.328. The van der Waals surface area contributed by atoms with Gasteiger partial charge in [-0.2, -0.15) is 0 Å². The average Bonchev–Trinajstić information content (AvgIpc) is 4.19. The number of morpholine rings is 2. The number of fused-ring (bicyclic) bond motifs is 6. The van der Waals surface area contributed by atoms with E-state index in [1.165, 1.54) is 6.07 Å². The molecule has 426 valence electrons. The number of hydrogen-bond donors (Lipinski definition) is 5. The van der Waals surface area contributed by atoms with Crippen molar-refractivity contribution in [2.24, 2.45) is 0 Å². The van der Waals surface area contributed by atoms with Crippen molar-refractivity contribution in [1.82, 2.24) is 38.9 Å². The van der Waals surface area contributed by atoms with Crippen molar-refractivity contribution in [3.8, 4) is 34.0 Å². The first-order valence-corrected chi connectivity index (χ1v) is 28.5. The van der Waals surface area contributed by atoms with Crippen molar-refractivity contribution in [2.45, 2.75) is 38.5 Å². The summed E-state index contributed by atoms with van der Waals surface area (Å²) in [4.78, 5) is 52.2. The maximum absolute atomic E-state index is 12.4. The van der Waals surface area contributed by atoms with Crippen molar-refractivity contribution < 1.29 is 47.5 Å². The minimum atomic E-state index is -0.826. The molecule has 22 nitrogen and oxygen atoms in total. The summed E-state index contributed by atoms with van der Waals surface area (Å²) in [6.07, 6.45) is 4.81. The van der Waals surface area contributed by atoms with Gasteiger partial charge in [-0.3, -0.25) is 29.2 Å². The number of imidazole rings is 2. The first-order valence-electron chi connectivity index (χ1n) is 26.8. The highest BCUT2D eigenvalue weighted by Gasteiger charge is 2.27. The summed E-state index contributed by atoms with van der Waals surface area (Å²) in [5.74, 6) is 3.07. The number of aliphatic hydroxyl groups excluding tert-OH is 1. The third-order valence-electron chi connectivity index (χ3n) is 14.1. The van der Waals surface area contributed by atoms with E-state index < -0.39 is 22.9 Å². The number of hydrogen-bond acceptors (Lipinski definition) is 18. The summed E-state index contributed by atoms with van der Waals surface area (Å²) < 4.78 is 39.7. The topological polar surface area (TPSA) is 250 Å². The molecule has 8 heterocycles. The zero-order chi connectivity index (χ0) is 56.8. The van der Waals surface area contributed by atoms with Gasteiger partial charge in [0, 0.05) is 91.7 Å². The molecule has 24 heteroatoms. The number of aldehydes is 1. The van der Waals surface area contributed by atoms with E-state index in [1.54, 1.807) is 42.6 Å². The molecule has 10 aromatic rings. The van der Waals surface area contributed by atoms with E-state index in [-0.39, 0.29) is 18.2 Å². The number of urea groups is 2. The van der Waals surface area contributed by atoms with Gasteiger partial charge in [-0.25, -0.2) is 19.6 Å². The van der Waals surface area contributed by atoms with Crippen LogP contribution in [0.4, 0.5) is 32.6 Å². The molecule has 82 heavy (non-hydrogen) atoms. The number of aliphatic hydroxyl groups is 1. The van der Waals surface area contributed by atoms with Crippen molar-refractivity contribution in [2.75, 3.05) is 107 Å². The number of benzene rings is 4. The highest BCUT2D eigenvalue weighted by atomic mass is 32.1. The zero-order valence-corrected chi connectivity index (χ0v) is 47.3. The Balaban J connectivity index is 0.000000172. The molecule has 2 aliphatic heterocycles. The summed E-state index contributed by atoms with van der Waals surface area (Å²) >= 11 is 3.24. The number of nitrogens with one attached hydrogen (secondary N) is 4. The number of thiazole rings is 2. The molecule has 0 atom stereocenters. The largest absolute Gasteiger partial charge is 0.492 e. The van der Waals surface area contributed by atoms with E-state index in [9.17, 15) is 19.5 Å². The van der Waals surface area contributed by atoms with Gasteiger partial charge in [0.25, 0.3) is 0 Å². The van der Waals surface area contributed by atoms with Crippen LogP contribution in [0, 0.1) is 0 Å². The lowest BCUT2D eigenvalue weighted by atomic mass is 9.92. The standard InChI is InChI=1S/C29H32N6O5S.C29H30N6O5S/c2*1-29(2,18-36)25-16-26(33-40-25)32-27(37)30-20-5-3-19(4-6-20)22-17-35-23-8-7-21(15-24(23)41-28(35)31-22)39-14-11-34-9-12-38-13-10-34/h3-8,15-17,36H,9-14,18H2,1-2H3,(H2,30,32,33,37);3-8,15-18H,9-14H2,1-2H3,(H2,30,32,33,37). The second kappa shape index (κ2) is 24.5. The Bertz CT molecular complexity index is 3830. The first-order chi connectivity index (χ1) is 39.7. The molecule has 12 rings (SSSR count). The predicted octanol–water partition coefficient (Wildman–Crippen LogP) is 9.86. The molecule has 0 aliphatic carbocycles. The number of rotatable bonds is 18. The first kappa shape index (κ1) is 55.7. The molecule has 6 aromatic heterocycles. The van der Waals surface area contributed by atoms with Crippen molar-refractivity contribution in [3.63, 3.8) is 0 Å². The van der Waals surface area contributed by atoms with Gasteiger partial charge in [-0.15, -0.1) is 0 Å². The lowest BCUT2D eigenvalue weighted by molar-refractivity contribution is -0.112. The molecular weight excluding hydrogens is 1090 g/mol. The molecule has 4 aromatic carbocycles. The number of nitrogens with zero attached hydrogens (tertiary/aromatic N) is 8. The molecule has 0 bridgehead atoms. The molecule has 4 amide bonds. The van der Waals surface area contributed by atoms with Crippen LogP contribution >= 0.6 is 22.7 Å². The van der Waals surface area contributed by atoms with Crippen LogP contribution in [-0.2, 0) is 25.1 Å². The maximum atomic E-state index is 12.4. The van der Waals surface area contributed by atoms with E-state index >= 15 is 0 Å². The number of carbonyl (C=O) groups excluding carboxylic acids is 3. The van der Waals surface area contributed by atoms with Crippen LogP contribution in [0.25, 0.3) is 52.9 Å². The minimum absolute atomic E-state index is 0.100. The monoisotopic (exact) mass is 1150 g/mol. The van der Waals surface area contributed by atoms with Crippen LogP contribution in [0.3, 0.4) is 0 Å². The molecule has 0 unspecified atom stereocenters. The van der Waals surface area contributed by atoms with Crippen LogP contribution in [0.5, 0.6) is 11.5 Å². The van der Waals surface area contributed by atoms with E-state index in [1.807, 2.05) is 86.9 Å². The van der Waals surface area contributed by atoms with Gasteiger partial charge >= 0.3 is 12.1 Å². The van der Waals surface area contributed by atoms with E-state index in [0.717, 1.165) is 136 Å². The maximum Gasteiger partial charge on any atom is 0.324 e. The Hall–Kier alpha value is -8.23. The number of anilines is 4. The number of ether oxygens (including phenoxy) is 4. The number of amides is 4. The normalized spacial score (nSPS) is 14.5. The van der Waals surface area contributed by atoms with Crippen molar-refractivity contribution >= 4 is 94.4 Å². The van der Waals surface area contributed by atoms with Crippen LogP contribution in [0.2, 0.25) is 0 Å². The molecule has 2 saturated heterocycles. The smallest absolute Gasteiger partial charge is 0.324 e. The Morgan fingerprint density at radius 1 is 0.610 bits per heavy atom. The fourth-order valence-corrected chi connectivity index (χ4v) is 11.2. The van der Waals surface area contributed by atoms with Gasteiger partial charge in [0.1, 0.15) is 36.8 Å². The van der Waals surface area contributed by atoms with E-state index in [0.29, 0.717) is 36.1 Å². The summed E-state index contributed by atoms with van der Waals surface area (Å²) in [6, 6.07) is 29.4. The summed E-state index contributed by atoms with van der Waals surface area (Å²) in [5.41, 5.74) is 5.53. The average molecular weight is 1150 g/mol. The van der Waals surface area contributed by atoms with E-state index in [4.69, 9.17) is 38.0 Å². The Morgan fingerprint density at radius 3 is 1.49 bits per heavy atom. The van der Waals surface area contributed by atoms with Crippen LogP contribution < -0.4 is 30.7 Å².